The molecule has 168 valence electrons. The molecule has 0 aliphatic carbocycles. The van der Waals surface area contributed by atoms with Crippen molar-refractivity contribution in [1.29, 1.82) is 15.9 Å². The van der Waals surface area contributed by atoms with E-state index in [1.165, 1.54) is 9.25 Å². The zero-order valence-electron chi connectivity index (χ0n) is 18.3. The Kier molecular flexibility index (Phi) is 5.92. The van der Waals surface area contributed by atoms with Crippen LogP contribution in [0.2, 0.25) is 0 Å². The van der Waals surface area contributed by atoms with Gasteiger partial charge in [-0.1, -0.05) is 36.4 Å². The van der Waals surface area contributed by atoms with E-state index < -0.39 is 5.88 Å². The van der Waals surface area contributed by atoms with Crippen molar-refractivity contribution in [3.05, 3.63) is 91.4 Å². The minimum Gasteiger partial charge on any atom is -0.493 e. The fourth-order valence-electron chi connectivity index (χ4n) is 3.55. The van der Waals surface area contributed by atoms with Crippen LogP contribution in [0.4, 0.5) is 5.69 Å². The van der Waals surface area contributed by atoms with Gasteiger partial charge in [0, 0.05) is 12.7 Å². The number of rotatable bonds is 4. The molecule has 2 aromatic heterocycles. The Labute approximate surface area is 197 Å². The van der Waals surface area contributed by atoms with Crippen LogP contribution < -0.4 is 25.6 Å². The van der Waals surface area contributed by atoms with Gasteiger partial charge in [0.05, 0.1) is 11.4 Å². The monoisotopic (exact) mass is 469 g/mol. The Morgan fingerprint density at radius 3 is 2.15 bits per heavy atom. The largest absolute Gasteiger partial charge is 0.493 e. The van der Waals surface area contributed by atoms with Gasteiger partial charge in [-0.15, -0.1) is 11.3 Å². The maximum atomic E-state index is 13.2. The summed E-state index contributed by atoms with van der Waals surface area (Å²) in [4.78, 5) is 13.2. The summed E-state index contributed by atoms with van der Waals surface area (Å²) < 4.78 is 4.83. The van der Waals surface area contributed by atoms with Gasteiger partial charge in [-0.2, -0.15) is 10.5 Å². The molecule has 9 nitrogen and oxygen atoms in total. The molecule has 2 aromatic carbocycles. The topological polar surface area (TPSA) is 136 Å². The van der Waals surface area contributed by atoms with Gasteiger partial charge in [0.15, 0.2) is 11.1 Å². The van der Waals surface area contributed by atoms with Gasteiger partial charge in [0.2, 0.25) is 5.88 Å². The second-order valence-corrected chi connectivity index (χ2v) is 8.26. The lowest BCUT2D eigenvalue weighted by molar-refractivity contribution is 0.502. The number of nitrogens with one attached hydrogen (secondary N) is 2. The summed E-state index contributed by atoms with van der Waals surface area (Å²) in [5.74, 6) is -0.424. The molecule has 4 rings (SSSR count). The maximum absolute atomic E-state index is 13.2. The summed E-state index contributed by atoms with van der Waals surface area (Å²) in [6, 6.07) is 21.6. The highest BCUT2D eigenvalue weighted by Crippen LogP contribution is 2.15. The third-order valence-corrected chi connectivity index (χ3v) is 6.48. The smallest absolute Gasteiger partial charge is 0.295 e. The van der Waals surface area contributed by atoms with Gasteiger partial charge < -0.3 is 10.4 Å². The van der Waals surface area contributed by atoms with Crippen LogP contribution >= 0.6 is 11.3 Å². The average Bonchev–Trinajstić information content (AvgIpc) is 3.30. The molecule has 10 heteroatoms. The molecule has 0 aliphatic rings. The number of aromatic nitrogens is 3. The van der Waals surface area contributed by atoms with Crippen LogP contribution in [0.1, 0.15) is 5.69 Å². The third-order valence-electron chi connectivity index (χ3n) is 5.31. The van der Waals surface area contributed by atoms with E-state index in [2.05, 4.69) is 5.32 Å². The molecule has 3 N–H and O–H groups in total. The molecule has 0 amide bonds. The minimum atomic E-state index is -0.424. The highest BCUT2D eigenvalue weighted by Gasteiger charge is 2.18. The van der Waals surface area contributed by atoms with Gasteiger partial charge in [0.1, 0.15) is 27.0 Å². The number of aliphatic hydroxyl groups excluding tert-OH is 1. The fraction of sp³-hybridized carbons (Fsp3) is 0.0833. The van der Waals surface area contributed by atoms with E-state index in [0.29, 0.717) is 17.1 Å². The van der Waals surface area contributed by atoms with Crippen LogP contribution in [0, 0.1) is 35.0 Å². The SMILES string of the molecule is Cc1c(NC(O)=c2sc(=C(C#N)C#N)n(-c3ccccc3)c2=N)c(=O)n(-c2ccccc2)n1C. The van der Waals surface area contributed by atoms with Crippen molar-refractivity contribution < 1.29 is 5.11 Å². The van der Waals surface area contributed by atoms with E-state index >= 15 is 0 Å². The van der Waals surface area contributed by atoms with E-state index in [1.54, 1.807) is 61.1 Å². The molecule has 0 bridgehead atoms. The van der Waals surface area contributed by atoms with Crippen LogP contribution in [0.25, 0.3) is 22.8 Å². The van der Waals surface area contributed by atoms with E-state index in [4.69, 9.17) is 5.41 Å². The summed E-state index contributed by atoms with van der Waals surface area (Å²) in [6.07, 6.45) is 0. The summed E-state index contributed by atoms with van der Waals surface area (Å²) >= 11 is 0.913. The molecule has 0 aliphatic heterocycles. The summed E-state index contributed by atoms with van der Waals surface area (Å²) in [5, 5.41) is 41.2. The lowest BCUT2D eigenvalue weighted by Gasteiger charge is -2.07. The zero-order valence-corrected chi connectivity index (χ0v) is 19.1. The highest BCUT2D eigenvalue weighted by molar-refractivity contribution is 7.07. The van der Waals surface area contributed by atoms with Gasteiger partial charge >= 0.3 is 0 Å². The third kappa shape index (κ3) is 3.68. The molecule has 34 heavy (non-hydrogen) atoms. The maximum Gasteiger partial charge on any atom is 0.295 e. The zero-order chi connectivity index (χ0) is 24.4. The number of nitrogens with zero attached hydrogens (tertiary/aromatic N) is 5. The van der Waals surface area contributed by atoms with E-state index in [-0.39, 0.29) is 31.5 Å². The predicted octanol–water partition coefficient (Wildman–Crippen LogP) is 1.75. The first-order chi connectivity index (χ1) is 16.4. The first-order valence-electron chi connectivity index (χ1n) is 10.1. The lowest BCUT2D eigenvalue weighted by Crippen LogP contribution is -2.33. The van der Waals surface area contributed by atoms with Crippen molar-refractivity contribution in [1.82, 2.24) is 13.9 Å². The first-order valence-corrected chi connectivity index (χ1v) is 10.9. The predicted molar refractivity (Wildman–Crippen MR) is 129 cm³/mol. The van der Waals surface area contributed by atoms with Crippen LogP contribution in [0.3, 0.4) is 0 Å². The molecule has 0 radical (unpaired) electrons. The molecule has 0 spiro atoms. The Bertz CT molecular complexity index is 1690. The highest BCUT2D eigenvalue weighted by atomic mass is 32.1. The first kappa shape index (κ1) is 22.4. The molecule has 4 aromatic rings. The fourth-order valence-corrected chi connectivity index (χ4v) is 4.56. The standard InChI is InChI=1S/C24H19N7O2S/c1-15-19(23(33)31(29(15)2)18-11-7-4-8-12-18)28-22(32)20-21(27)30(17-9-5-3-6-10-17)24(34-20)16(13-25)14-26/h3-12,27-28,32H,1-2H3. The van der Waals surface area contributed by atoms with Gasteiger partial charge in [-0.3, -0.25) is 19.5 Å². The molecule has 2 heterocycles. The molecule has 0 saturated carbocycles. The lowest BCUT2D eigenvalue weighted by atomic mass is 10.3. The molecular formula is C24H19N7O2S. The normalized spacial score (nSPS) is 11.4. The summed E-state index contributed by atoms with van der Waals surface area (Å²) in [7, 11) is 1.73. The summed E-state index contributed by atoms with van der Waals surface area (Å²) in [6.45, 7) is 1.74. The Hall–Kier alpha value is -4.80. The number of hydrogen-bond acceptors (Lipinski definition) is 7. The van der Waals surface area contributed by atoms with E-state index in [9.17, 15) is 20.4 Å². The number of benzene rings is 2. The number of aliphatic hydroxyl groups is 1. The van der Waals surface area contributed by atoms with Crippen LogP contribution in [-0.4, -0.2) is 19.0 Å². The van der Waals surface area contributed by atoms with Crippen molar-refractivity contribution in [3.8, 4) is 23.5 Å². The van der Waals surface area contributed by atoms with Crippen molar-refractivity contribution >= 4 is 28.5 Å². The second-order valence-electron chi connectivity index (χ2n) is 7.26. The number of nitriles is 2. The van der Waals surface area contributed by atoms with Crippen molar-refractivity contribution in [2.75, 3.05) is 5.32 Å². The van der Waals surface area contributed by atoms with Crippen LogP contribution in [-0.2, 0) is 7.05 Å². The van der Waals surface area contributed by atoms with E-state index in [0.717, 1.165) is 11.3 Å². The van der Waals surface area contributed by atoms with Crippen molar-refractivity contribution in [3.63, 3.8) is 0 Å². The molecule has 0 saturated heterocycles. The van der Waals surface area contributed by atoms with Gasteiger partial charge in [0.25, 0.3) is 5.56 Å². The molecule has 0 atom stereocenters. The Balaban J connectivity index is 1.96. The van der Waals surface area contributed by atoms with E-state index in [1.807, 2.05) is 30.3 Å². The molecule has 0 unspecified atom stereocenters. The minimum absolute atomic E-state index is 0.0794. The number of hydrogen-bond donors (Lipinski definition) is 3. The Morgan fingerprint density at radius 2 is 1.59 bits per heavy atom. The molecular weight excluding hydrogens is 450 g/mol. The quantitative estimate of drug-likeness (QED) is 0.418. The second kappa shape index (κ2) is 8.98. The summed E-state index contributed by atoms with van der Waals surface area (Å²) in [5.41, 5.74) is 1.24. The van der Waals surface area contributed by atoms with Gasteiger partial charge in [-0.05, 0) is 31.2 Å². The molecule has 0 fully saturated rings. The number of para-hydroxylation sites is 2. The van der Waals surface area contributed by atoms with Crippen molar-refractivity contribution in [2.24, 2.45) is 7.05 Å². The van der Waals surface area contributed by atoms with Crippen molar-refractivity contribution in [2.45, 2.75) is 6.92 Å². The van der Waals surface area contributed by atoms with Gasteiger partial charge in [-0.25, -0.2) is 4.68 Å². The van der Waals surface area contributed by atoms with Crippen LogP contribution in [0.5, 0.6) is 0 Å². The van der Waals surface area contributed by atoms with Crippen LogP contribution in [0.15, 0.2) is 65.5 Å². The number of thiazole rings is 1. The Morgan fingerprint density at radius 1 is 1.03 bits per heavy atom. The number of anilines is 1. The average molecular weight is 470 g/mol.